The first-order valence-corrected chi connectivity index (χ1v) is 10.2. The van der Waals surface area contributed by atoms with Crippen LogP contribution in [0.4, 0.5) is 0 Å². The van der Waals surface area contributed by atoms with Crippen LogP contribution < -0.4 is 0 Å². The maximum atomic E-state index is 12.0. The third-order valence-electron chi connectivity index (χ3n) is 4.97. The van der Waals surface area contributed by atoms with Crippen LogP contribution in [0.25, 0.3) is 0 Å². The van der Waals surface area contributed by atoms with E-state index in [9.17, 15) is 9.59 Å². The Morgan fingerprint density at radius 1 is 0.720 bits per heavy atom. The van der Waals surface area contributed by atoms with E-state index in [2.05, 4.69) is 6.08 Å². The lowest BCUT2D eigenvalue weighted by Crippen LogP contribution is -2.13. The van der Waals surface area contributed by atoms with Crippen LogP contribution in [0.3, 0.4) is 0 Å². The normalized spacial score (nSPS) is 21.5. The molecule has 1 aliphatic rings. The van der Waals surface area contributed by atoms with E-state index in [4.69, 9.17) is 4.74 Å². The summed E-state index contributed by atoms with van der Waals surface area (Å²) in [6.45, 7) is 3.62. The van der Waals surface area contributed by atoms with E-state index < -0.39 is 11.9 Å². The van der Waals surface area contributed by atoms with Gasteiger partial charge in [-0.05, 0) is 38.7 Å². The lowest BCUT2D eigenvalue weighted by molar-refractivity contribution is -0.157. The summed E-state index contributed by atoms with van der Waals surface area (Å²) in [5, 5.41) is 0. The van der Waals surface area contributed by atoms with Gasteiger partial charge in [-0.1, -0.05) is 76.4 Å². The van der Waals surface area contributed by atoms with Gasteiger partial charge in [0.15, 0.2) is 0 Å². The Labute approximate surface area is 153 Å². The maximum Gasteiger partial charge on any atom is 0.341 e. The molecule has 1 rings (SSSR count). The molecule has 0 amide bonds. The molecule has 3 nitrogen and oxygen atoms in total. The Bertz CT molecular complexity index is 460. The number of hydrogen-bond acceptors (Lipinski definition) is 3. The third kappa shape index (κ3) is 11.0. The molecule has 0 unspecified atom stereocenters. The molecule has 0 aromatic carbocycles. The SMILES string of the molecule is CC1=C(C)C(=O)OC(=O)CCCCCCCCCCCCCCC=C1. The third-order valence-corrected chi connectivity index (χ3v) is 4.97. The summed E-state index contributed by atoms with van der Waals surface area (Å²) in [6.07, 6.45) is 20.3. The quantitative estimate of drug-likeness (QED) is 0.374. The Morgan fingerprint density at radius 3 is 1.76 bits per heavy atom. The van der Waals surface area contributed by atoms with Gasteiger partial charge < -0.3 is 4.74 Å². The second-order valence-electron chi connectivity index (χ2n) is 7.25. The smallest absolute Gasteiger partial charge is 0.341 e. The zero-order valence-corrected chi connectivity index (χ0v) is 16.3. The van der Waals surface area contributed by atoms with E-state index >= 15 is 0 Å². The fourth-order valence-electron chi connectivity index (χ4n) is 3.08. The van der Waals surface area contributed by atoms with Crippen LogP contribution in [0.2, 0.25) is 0 Å². The summed E-state index contributed by atoms with van der Waals surface area (Å²) in [7, 11) is 0. The van der Waals surface area contributed by atoms with Gasteiger partial charge in [-0.3, -0.25) is 4.79 Å². The molecule has 0 saturated heterocycles. The second kappa shape index (κ2) is 13.9. The van der Waals surface area contributed by atoms with Gasteiger partial charge in [0, 0.05) is 12.0 Å². The van der Waals surface area contributed by atoms with Crippen LogP contribution in [-0.4, -0.2) is 11.9 Å². The van der Waals surface area contributed by atoms with Crippen molar-refractivity contribution in [3.05, 3.63) is 23.3 Å². The number of ether oxygens (including phenoxy) is 1. The van der Waals surface area contributed by atoms with Crippen LogP contribution in [0, 0.1) is 0 Å². The largest absolute Gasteiger partial charge is 0.390 e. The fraction of sp³-hybridized carbons (Fsp3) is 0.727. The maximum absolute atomic E-state index is 12.0. The minimum Gasteiger partial charge on any atom is -0.390 e. The minimum absolute atomic E-state index is 0.341. The summed E-state index contributed by atoms with van der Waals surface area (Å²) in [5.41, 5.74) is 1.40. The number of carbonyl (C=O) groups is 2. The highest BCUT2D eigenvalue weighted by Gasteiger charge is 2.13. The molecule has 0 spiro atoms. The van der Waals surface area contributed by atoms with Crippen molar-refractivity contribution in [1.29, 1.82) is 0 Å². The number of rotatable bonds is 0. The van der Waals surface area contributed by atoms with Gasteiger partial charge in [-0.15, -0.1) is 0 Å². The van der Waals surface area contributed by atoms with Crippen molar-refractivity contribution in [2.45, 2.75) is 104 Å². The zero-order valence-electron chi connectivity index (χ0n) is 16.3. The first-order valence-electron chi connectivity index (χ1n) is 10.2. The molecule has 1 heterocycles. The summed E-state index contributed by atoms with van der Waals surface area (Å²) < 4.78 is 4.96. The molecule has 0 aromatic rings. The average Bonchev–Trinajstić information content (AvgIpc) is 2.59. The van der Waals surface area contributed by atoms with Crippen molar-refractivity contribution in [3.8, 4) is 0 Å². The molecule has 0 aromatic heterocycles. The lowest BCUT2D eigenvalue weighted by atomic mass is 10.0. The lowest BCUT2D eigenvalue weighted by Gasteiger charge is -2.05. The van der Waals surface area contributed by atoms with Crippen molar-refractivity contribution in [1.82, 2.24) is 0 Å². The highest BCUT2D eigenvalue weighted by atomic mass is 16.6. The zero-order chi connectivity index (χ0) is 18.3. The van der Waals surface area contributed by atoms with Gasteiger partial charge in [0.25, 0.3) is 0 Å². The molecule has 0 atom stereocenters. The van der Waals surface area contributed by atoms with Crippen molar-refractivity contribution in [3.63, 3.8) is 0 Å². The van der Waals surface area contributed by atoms with Crippen LogP contribution in [0.15, 0.2) is 23.3 Å². The number of hydrogen-bond donors (Lipinski definition) is 0. The predicted molar refractivity (Wildman–Crippen MR) is 103 cm³/mol. The highest BCUT2D eigenvalue weighted by molar-refractivity contribution is 5.96. The summed E-state index contributed by atoms with van der Waals surface area (Å²) in [5.74, 6) is -0.898. The Balaban J connectivity index is 2.51. The average molecular weight is 349 g/mol. The first kappa shape index (κ1) is 21.7. The number of esters is 2. The van der Waals surface area contributed by atoms with Crippen molar-refractivity contribution < 1.29 is 14.3 Å². The molecule has 0 aliphatic carbocycles. The van der Waals surface area contributed by atoms with Gasteiger partial charge in [0.1, 0.15) is 0 Å². The van der Waals surface area contributed by atoms with Gasteiger partial charge in [0.05, 0.1) is 0 Å². The number of cyclic esters (lactones) is 2. The van der Waals surface area contributed by atoms with E-state index in [-0.39, 0.29) is 0 Å². The van der Waals surface area contributed by atoms with Gasteiger partial charge >= 0.3 is 11.9 Å². The van der Waals surface area contributed by atoms with Crippen molar-refractivity contribution in [2.24, 2.45) is 0 Å². The molecule has 0 fully saturated rings. The molecule has 0 saturated carbocycles. The first-order chi connectivity index (χ1) is 12.1. The molecular weight excluding hydrogens is 312 g/mol. The van der Waals surface area contributed by atoms with Crippen LogP contribution in [0.5, 0.6) is 0 Å². The van der Waals surface area contributed by atoms with Gasteiger partial charge in [0.2, 0.25) is 0 Å². The van der Waals surface area contributed by atoms with Crippen molar-refractivity contribution in [2.75, 3.05) is 0 Å². The molecule has 0 N–H and O–H groups in total. The number of allylic oxidation sites excluding steroid dienone is 3. The Morgan fingerprint density at radius 2 is 1.20 bits per heavy atom. The molecule has 0 radical (unpaired) electrons. The minimum atomic E-state index is -0.502. The van der Waals surface area contributed by atoms with Crippen molar-refractivity contribution >= 4 is 11.9 Å². The summed E-state index contributed by atoms with van der Waals surface area (Å²) in [6, 6.07) is 0. The summed E-state index contributed by atoms with van der Waals surface area (Å²) in [4.78, 5) is 23.8. The van der Waals surface area contributed by atoms with Gasteiger partial charge in [-0.25, -0.2) is 4.79 Å². The van der Waals surface area contributed by atoms with E-state index in [0.29, 0.717) is 12.0 Å². The topological polar surface area (TPSA) is 43.4 Å². The molecular formula is C22H36O3. The fourth-order valence-corrected chi connectivity index (χ4v) is 3.08. The molecule has 25 heavy (non-hydrogen) atoms. The molecule has 142 valence electrons. The van der Waals surface area contributed by atoms with E-state index in [1.54, 1.807) is 6.92 Å². The monoisotopic (exact) mass is 348 g/mol. The van der Waals surface area contributed by atoms with Crippen LogP contribution in [-0.2, 0) is 14.3 Å². The Hall–Kier alpha value is -1.38. The van der Waals surface area contributed by atoms with E-state index in [0.717, 1.165) is 24.8 Å². The standard InChI is InChI=1S/C22H36O3/c1-19-17-15-13-11-9-7-5-3-4-6-8-10-12-14-16-18-21(23)25-22(24)20(19)2/h15,17H,3-14,16,18H2,1-2H3. The Kier molecular flexibility index (Phi) is 12.0. The number of carbonyl (C=O) groups excluding carboxylic acids is 2. The van der Waals surface area contributed by atoms with Crippen LogP contribution in [0.1, 0.15) is 104 Å². The molecule has 1 aliphatic heterocycles. The molecule has 0 bridgehead atoms. The second-order valence-corrected chi connectivity index (χ2v) is 7.25. The van der Waals surface area contributed by atoms with Gasteiger partial charge in [-0.2, -0.15) is 0 Å². The highest BCUT2D eigenvalue weighted by Crippen LogP contribution is 2.15. The van der Waals surface area contributed by atoms with E-state index in [1.165, 1.54) is 64.2 Å². The molecule has 3 heteroatoms. The van der Waals surface area contributed by atoms with Crippen LogP contribution >= 0.6 is 0 Å². The predicted octanol–water partition coefficient (Wildman–Crippen LogP) is 6.42. The van der Waals surface area contributed by atoms with E-state index in [1.807, 2.05) is 13.0 Å². The summed E-state index contributed by atoms with van der Waals surface area (Å²) >= 11 is 0.